The lowest BCUT2D eigenvalue weighted by molar-refractivity contribution is -0.129. The first kappa shape index (κ1) is 15.8. The summed E-state index contributed by atoms with van der Waals surface area (Å²) in [5, 5.41) is 6.68. The number of amides is 1. The number of hydrogen-bond acceptors (Lipinski definition) is 2. The van der Waals surface area contributed by atoms with Gasteiger partial charge in [0.15, 0.2) is 5.96 Å². The number of aliphatic imine (C=N–C) groups is 1. The van der Waals surface area contributed by atoms with Gasteiger partial charge in [-0.1, -0.05) is 20.8 Å². The minimum atomic E-state index is 0.244. The first-order chi connectivity index (χ1) is 9.06. The van der Waals surface area contributed by atoms with Crippen molar-refractivity contribution in [3.8, 4) is 0 Å². The molecule has 0 aliphatic carbocycles. The van der Waals surface area contributed by atoms with E-state index in [-0.39, 0.29) is 5.91 Å². The third-order valence-corrected chi connectivity index (χ3v) is 3.14. The Morgan fingerprint density at radius 3 is 2.74 bits per heavy atom. The molecule has 0 spiro atoms. The second-order valence-electron chi connectivity index (χ2n) is 5.44. The van der Waals surface area contributed by atoms with E-state index in [9.17, 15) is 4.79 Å². The van der Waals surface area contributed by atoms with Gasteiger partial charge in [-0.2, -0.15) is 0 Å². The van der Waals surface area contributed by atoms with Gasteiger partial charge in [0.25, 0.3) is 0 Å². The average molecular weight is 268 g/mol. The van der Waals surface area contributed by atoms with Gasteiger partial charge >= 0.3 is 0 Å². The summed E-state index contributed by atoms with van der Waals surface area (Å²) in [5.74, 6) is 1.66. The van der Waals surface area contributed by atoms with Crippen molar-refractivity contribution >= 4 is 11.9 Å². The molecule has 19 heavy (non-hydrogen) atoms. The fourth-order valence-corrected chi connectivity index (χ4v) is 2.12. The summed E-state index contributed by atoms with van der Waals surface area (Å²) in [5.41, 5.74) is 0. The standard InChI is InChI=1S/C14H28N4O/c1-5-13(19)18-8-7-12(10-18)17-14(15-6-2)16-9-11(3)4/h11-12H,5-10H2,1-4H3,(H2,15,16,17). The first-order valence-electron chi connectivity index (χ1n) is 7.39. The molecule has 1 unspecified atom stereocenters. The van der Waals surface area contributed by atoms with Crippen molar-refractivity contribution in [3.63, 3.8) is 0 Å². The quantitative estimate of drug-likeness (QED) is 0.582. The van der Waals surface area contributed by atoms with Crippen molar-refractivity contribution in [2.45, 2.75) is 46.6 Å². The lowest BCUT2D eigenvalue weighted by Crippen LogP contribution is -2.45. The Balaban J connectivity index is 2.47. The summed E-state index contributed by atoms with van der Waals surface area (Å²) in [6, 6.07) is 0.320. The van der Waals surface area contributed by atoms with Crippen LogP contribution in [0.25, 0.3) is 0 Å². The molecular weight excluding hydrogens is 240 g/mol. The van der Waals surface area contributed by atoms with E-state index in [1.807, 2.05) is 11.8 Å². The van der Waals surface area contributed by atoms with Crippen LogP contribution in [0.3, 0.4) is 0 Å². The van der Waals surface area contributed by atoms with Gasteiger partial charge in [0.2, 0.25) is 5.91 Å². The molecule has 1 amide bonds. The number of likely N-dealkylation sites (tertiary alicyclic amines) is 1. The molecule has 0 aromatic rings. The van der Waals surface area contributed by atoms with Crippen LogP contribution >= 0.6 is 0 Å². The first-order valence-corrected chi connectivity index (χ1v) is 7.39. The van der Waals surface area contributed by atoms with E-state index >= 15 is 0 Å². The maximum atomic E-state index is 11.6. The summed E-state index contributed by atoms with van der Waals surface area (Å²) in [6.07, 6.45) is 1.59. The highest BCUT2D eigenvalue weighted by atomic mass is 16.2. The Morgan fingerprint density at radius 1 is 1.42 bits per heavy atom. The van der Waals surface area contributed by atoms with Crippen LogP contribution in [-0.2, 0) is 4.79 Å². The van der Waals surface area contributed by atoms with Gasteiger partial charge in [-0.25, -0.2) is 0 Å². The molecule has 1 heterocycles. The molecule has 1 rings (SSSR count). The molecule has 1 aliphatic rings. The van der Waals surface area contributed by atoms with E-state index in [1.54, 1.807) is 0 Å². The lowest BCUT2D eigenvalue weighted by atomic mass is 10.2. The van der Waals surface area contributed by atoms with Crippen LogP contribution in [0.5, 0.6) is 0 Å². The summed E-state index contributed by atoms with van der Waals surface area (Å²) in [7, 11) is 0. The highest BCUT2D eigenvalue weighted by Crippen LogP contribution is 2.10. The van der Waals surface area contributed by atoms with Gasteiger partial charge < -0.3 is 15.5 Å². The molecule has 1 atom stereocenters. The third kappa shape index (κ3) is 5.49. The van der Waals surface area contributed by atoms with E-state index in [2.05, 4.69) is 36.4 Å². The van der Waals surface area contributed by atoms with Crippen LogP contribution in [-0.4, -0.2) is 49.0 Å². The lowest BCUT2D eigenvalue weighted by Gasteiger charge is -2.18. The largest absolute Gasteiger partial charge is 0.357 e. The molecular formula is C14H28N4O. The van der Waals surface area contributed by atoms with E-state index in [0.717, 1.165) is 38.6 Å². The highest BCUT2D eigenvalue weighted by molar-refractivity contribution is 5.80. The van der Waals surface area contributed by atoms with Gasteiger partial charge in [0.1, 0.15) is 0 Å². The molecule has 0 bridgehead atoms. The van der Waals surface area contributed by atoms with Crippen molar-refractivity contribution in [2.24, 2.45) is 10.9 Å². The Hall–Kier alpha value is -1.26. The van der Waals surface area contributed by atoms with Crippen LogP contribution in [0, 0.1) is 5.92 Å². The number of carbonyl (C=O) groups is 1. The van der Waals surface area contributed by atoms with E-state index in [4.69, 9.17) is 0 Å². The predicted molar refractivity (Wildman–Crippen MR) is 79.2 cm³/mol. The van der Waals surface area contributed by atoms with E-state index in [0.29, 0.717) is 18.4 Å². The molecule has 1 saturated heterocycles. The molecule has 110 valence electrons. The zero-order valence-corrected chi connectivity index (χ0v) is 12.7. The van der Waals surface area contributed by atoms with Crippen molar-refractivity contribution < 1.29 is 4.79 Å². The Morgan fingerprint density at radius 2 is 2.16 bits per heavy atom. The van der Waals surface area contributed by atoms with Crippen LogP contribution in [0.1, 0.15) is 40.5 Å². The molecule has 0 aromatic heterocycles. The number of guanidine groups is 1. The Labute approximate surface area is 116 Å². The average Bonchev–Trinajstić information content (AvgIpc) is 2.83. The number of nitrogens with zero attached hydrogens (tertiary/aromatic N) is 2. The number of carbonyl (C=O) groups excluding carboxylic acids is 1. The van der Waals surface area contributed by atoms with Crippen molar-refractivity contribution in [2.75, 3.05) is 26.2 Å². The third-order valence-electron chi connectivity index (χ3n) is 3.14. The molecule has 5 nitrogen and oxygen atoms in total. The van der Waals surface area contributed by atoms with Gasteiger partial charge in [-0.05, 0) is 19.3 Å². The fourth-order valence-electron chi connectivity index (χ4n) is 2.12. The normalized spacial score (nSPS) is 19.9. The smallest absolute Gasteiger partial charge is 0.222 e. The SMILES string of the molecule is CCNC(=NCC(C)C)NC1CCN(C(=O)CC)C1. The monoisotopic (exact) mass is 268 g/mol. The molecule has 2 N–H and O–H groups in total. The Bertz CT molecular complexity index is 315. The summed E-state index contributed by atoms with van der Waals surface area (Å²) >= 11 is 0. The second kappa shape index (κ2) is 8.02. The fraction of sp³-hybridized carbons (Fsp3) is 0.857. The molecule has 0 aromatic carbocycles. The van der Waals surface area contributed by atoms with Crippen LogP contribution in [0.4, 0.5) is 0 Å². The summed E-state index contributed by atoms with van der Waals surface area (Å²) in [4.78, 5) is 18.1. The second-order valence-corrected chi connectivity index (χ2v) is 5.44. The van der Waals surface area contributed by atoms with Gasteiger partial charge in [-0.15, -0.1) is 0 Å². The highest BCUT2D eigenvalue weighted by Gasteiger charge is 2.25. The van der Waals surface area contributed by atoms with E-state index in [1.165, 1.54) is 0 Å². The zero-order valence-electron chi connectivity index (χ0n) is 12.7. The van der Waals surface area contributed by atoms with E-state index < -0.39 is 0 Å². The minimum Gasteiger partial charge on any atom is -0.357 e. The number of nitrogens with one attached hydrogen (secondary N) is 2. The van der Waals surface area contributed by atoms with Crippen LogP contribution in [0.2, 0.25) is 0 Å². The van der Waals surface area contributed by atoms with Gasteiger partial charge in [0, 0.05) is 38.6 Å². The summed E-state index contributed by atoms with van der Waals surface area (Å²) in [6.45, 7) is 11.6. The van der Waals surface area contributed by atoms with Crippen LogP contribution in [0.15, 0.2) is 4.99 Å². The molecule has 1 aliphatic heterocycles. The molecule has 5 heteroatoms. The molecule has 0 saturated carbocycles. The Kier molecular flexibility index (Phi) is 6.67. The maximum Gasteiger partial charge on any atom is 0.222 e. The van der Waals surface area contributed by atoms with Gasteiger partial charge in [-0.3, -0.25) is 9.79 Å². The van der Waals surface area contributed by atoms with Gasteiger partial charge in [0.05, 0.1) is 0 Å². The maximum absolute atomic E-state index is 11.6. The molecule has 0 radical (unpaired) electrons. The number of hydrogen-bond donors (Lipinski definition) is 2. The van der Waals surface area contributed by atoms with Crippen LogP contribution < -0.4 is 10.6 Å². The number of rotatable bonds is 5. The molecule has 1 fully saturated rings. The summed E-state index contributed by atoms with van der Waals surface area (Å²) < 4.78 is 0. The van der Waals surface area contributed by atoms with Crippen molar-refractivity contribution in [3.05, 3.63) is 0 Å². The minimum absolute atomic E-state index is 0.244. The van der Waals surface area contributed by atoms with Crippen molar-refractivity contribution in [1.29, 1.82) is 0 Å². The predicted octanol–water partition coefficient (Wildman–Crippen LogP) is 1.21. The van der Waals surface area contributed by atoms with Crippen molar-refractivity contribution in [1.82, 2.24) is 15.5 Å². The zero-order chi connectivity index (χ0) is 14.3. The topological polar surface area (TPSA) is 56.7 Å².